The molecule has 0 aliphatic rings. The lowest BCUT2D eigenvalue weighted by Crippen LogP contribution is -2.21. The third-order valence-electron chi connectivity index (χ3n) is 2.75. The molecular formula is C14H9Br2ClFNO2. The molecule has 21 heavy (non-hydrogen) atoms. The van der Waals surface area contributed by atoms with Crippen LogP contribution < -0.4 is 5.32 Å². The lowest BCUT2D eigenvalue weighted by atomic mass is 10.1. The predicted molar refractivity (Wildman–Crippen MR) is 87.3 cm³/mol. The third kappa shape index (κ3) is 3.96. The summed E-state index contributed by atoms with van der Waals surface area (Å²) in [5, 5.41) is 12.7. The van der Waals surface area contributed by atoms with E-state index in [0.717, 1.165) is 0 Å². The molecule has 7 heteroatoms. The van der Waals surface area contributed by atoms with E-state index >= 15 is 0 Å². The number of hydrogen-bond donors (Lipinski definition) is 2. The minimum Gasteiger partial charge on any atom is -0.479 e. The molecule has 1 unspecified atom stereocenters. The van der Waals surface area contributed by atoms with Gasteiger partial charge in [0, 0.05) is 20.2 Å². The maximum Gasteiger partial charge on any atom is 0.330 e. The van der Waals surface area contributed by atoms with Crippen molar-refractivity contribution in [3.8, 4) is 0 Å². The zero-order valence-corrected chi connectivity index (χ0v) is 14.3. The molecule has 2 aromatic carbocycles. The van der Waals surface area contributed by atoms with Crippen molar-refractivity contribution < 1.29 is 14.3 Å². The molecule has 2 rings (SSSR count). The van der Waals surface area contributed by atoms with Gasteiger partial charge in [-0.2, -0.15) is 0 Å². The van der Waals surface area contributed by atoms with E-state index in [1.807, 2.05) is 0 Å². The Labute approximate surface area is 142 Å². The van der Waals surface area contributed by atoms with Crippen LogP contribution in [0, 0.1) is 5.82 Å². The van der Waals surface area contributed by atoms with E-state index < -0.39 is 17.8 Å². The Hall–Kier alpha value is -1.11. The number of nitrogens with one attached hydrogen (secondary N) is 1. The highest BCUT2D eigenvalue weighted by Gasteiger charge is 2.23. The van der Waals surface area contributed by atoms with Crippen LogP contribution in [-0.2, 0) is 4.79 Å². The van der Waals surface area contributed by atoms with Crippen molar-refractivity contribution in [2.45, 2.75) is 6.04 Å². The molecule has 0 radical (unpaired) electrons. The van der Waals surface area contributed by atoms with Crippen molar-refractivity contribution in [1.82, 2.24) is 0 Å². The molecule has 0 spiro atoms. The Kier molecular flexibility index (Phi) is 5.24. The quantitative estimate of drug-likeness (QED) is 0.688. The van der Waals surface area contributed by atoms with Gasteiger partial charge in [0.2, 0.25) is 0 Å². The second-order valence-electron chi connectivity index (χ2n) is 4.21. The number of hydrogen-bond acceptors (Lipinski definition) is 2. The average molecular weight is 437 g/mol. The number of aliphatic carboxylic acids is 1. The van der Waals surface area contributed by atoms with Gasteiger partial charge in [-0.1, -0.05) is 27.5 Å². The number of carboxylic acid groups (broad SMARTS) is 1. The molecule has 0 aromatic heterocycles. The second kappa shape index (κ2) is 6.77. The fraction of sp³-hybridized carbons (Fsp3) is 0.0714. The molecule has 0 heterocycles. The fourth-order valence-electron chi connectivity index (χ4n) is 1.76. The molecule has 0 amide bonds. The van der Waals surface area contributed by atoms with Gasteiger partial charge in [0.05, 0.1) is 5.02 Å². The summed E-state index contributed by atoms with van der Waals surface area (Å²) in [6, 6.07) is 7.75. The van der Waals surface area contributed by atoms with Crippen molar-refractivity contribution in [3.05, 3.63) is 61.7 Å². The molecule has 0 aliphatic carbocycles. The highest BCUT2D eigenvalue weighted by atomic mass is 79.9. The largest absolute Gasteiger partial charge is 0.479 e. The molecule has 0 fully saturated rings. The predicted octanol–water partition coefficient (Wildman–Crippen LogP) is 5.24. The molecule has 3 nitrogen and oxygen atoms in total. The number of halogens is 4. The molecule has 0 bridgehead atoms. The van der Waals surface area contributed by atoms with Gasteiger partial charge in [-0.05, 0) is 52.3 Å². The van der Waals surface area contributed by atoms with E-state index in [-0.39, 0.29) is 0 Å². The van der Waals surface area contributed by atoms with Gasteiger partial charge >= 0.3 is 5.97 Å². The van der Waals surface area contributed by atoms with Gasteiger partial charge in [0.15, 0.2) is 6.04 Å². The highest BCUT2D eigenvalue weighted by Crippen LogP contribution is 2.30. The van der Waals surface area contributed by atoms with E-state index in [2.05, 4.69) is 37.2 Å². The summed E-state index contributed by atoms with van der Waals surface area (Å²) in [5.41, 5.74) is 0.850. The Balaban J connectivity index is 2.37. The van der Waals surface area contributed by atoms with E-state index in [9.17, 15) is 14.3 Å². The third-order valence-corrected chi connectivity index (χ3v) is 4.68. The van der Waals surface area contributed by atoms with E-state index in [0.29, 0.717) is 25.2 Å². The number of benzene rings is 2. The molecule has 110 valence electrons. The van der Waals surface area contributed by atoms with Crippen LogP contribution in [0.15, 0.2) is 45.3 Å². The first-order valence-corrected chi connectivity index (χ1v) is 7.74. The van der Waals surface area contributed by atoms with Crippen LogP contribution in [0.1, 0.15) is 11.6 Å². The standard InChI is InChI=1S/C14H9Br2ClFNO2/c15-10-3-1-7(18)5-9(10)13(14(20)21)19-8-2-4-12(17)11(16)6-8/h1-6,13,19H,(H,20,21). The van der Waals surface area contributed by atoms with Gasteiger partial charge in [0.1, 0.15) is 5.82 Å². The Morgan fingerprint density at radius 3 is 2.52 bits per heavy atom. The van der Waals surface area contributed by atoms with Gasteiger partial charge in [-0.25, -0.2) is 9.18 Å². The van der Waals surface area contributed by atoms with Crippen LogP contribution in [0.3, 0.4) is 0 Å². The SMILES string of the molecule is O=C(O)C(Nc1ccc(Cl)c(Br)c1)c1cc(F)ccc1Br. The molecule has 2 aromatic rings. The van der Waals surface area contributed by atoms with Crippen molar-refractivity contribution >= 4 is 55.1 Å². The van der Waals surface area contributed by atoms with E-state index in [1.165, 1.54) is 18.2 Å². The van der Waals surface area contributed by atoms with Crippen LogP contribution in [-0.4, -0.2) is 11.1 Å². The molecular weight excluding hydrogens is 428 g/mol. The lowest BCUT2D eigenvalue weighted by Gasteiger charge is -2.18. The normalized spacial score (nSPS) is 12.0. The molecule has 0 saturated carbocycles. The summed E-state index contributed by atoms with van der Waals surface area (Å²) >= 11 is 12.4. The van der Waals surface area contributed by atoms with Crippen molar-refractivity contribution in [2.24, 2.45) is 0 Å². The zero-order valence-electron chi connectivity index (χ0n) is 10.4. The summed E-state index contributed by atoms with van der Waals surface area (Å²) in [7, 11) is 0. The Morgan fingerprint density at radius 1 is 1.19 bits per heavy atom. The minimum atomic E-state index is -1.12. The van der Waals surface area contributed by atoms with E-state index in [4.69, 9.17) is 11.6 Å². The first-order chi connectivity index (χ1) is 9.88. The maximum absolute atomic E-state index is 13.4. The number of carbonyl (C=O) groups is 1. The van der Waals surface area contributed by atoms with Gasteiger partial charge in [-0.15, -0.1) is 0 Å². The number of anilines is 1. The second-order valence-corrected chi connectivity index (χ2v) is 6.33. The Morgan fingerprint density at radius 2 is 1.90 bits per heavy atom. The lowest BCUT2D eigenvalue weighted by molar-refractivity contribution is -0.138. The smallest absolute Gasteiger partial charge is 0.330 e. The van der Waals surface area contributed by atoms with Crippen molar-refractivity contribution in [3.63, 3.8) is 0 Å². The van der Waals surface area contributed by atoms with Crippen LogP contribution in [0.4, 0.5) is 10.1 Å². The minimum absolute atomic E-state index is 0.300. The molecule has 1 atom stereocenters. The molecule has 0 aliphatic heterocycles. The zero-order chi connectivity index (χ0) is 15.6. The van der Waals surface area contributed by atoms with Crippen molar-refractivity contribution in [1.29, 1.82) is 0 Å². The average Bonchev–Trinajstić information content (AvgIpc) is 2.42. The summed E-state index contributed by atoms with van der Waals surface area (Å²) < 4.78 is 14.5. The monoisotopic (exact) mass is 435 g/mol. The maximum atomic E-state index is 13.4. The topological polar surface area (TPSA) is 49.3 Å². The first kappa shape index (κ1) is 16.3. The van der Waals surface area contributed by atoms with Crippen LogP contribution in [0.25, 0.3) is 0 Å². The summed E-state index contributed by atoms with van der Waals surface area (Å²) in [6.07, 6.45) is 0. The fourth-order valence-corrected chi connectivity index (χ4v) is 2.73. The summed E-state index contributed by atoms with van der Waals surface area (Å²) in [6.45, 7) is 0. The highest BCUT2D eigenvalue weighted by molar-refractivity contribution is 9.10. The van der Waals surface area contributed by atoms with Crippen LogP contribution >= 0.6 is 43.5 Å². The summed E-state index contributed by atoms with van der Waals surface area (Å²) in [4.78, 5) is 11.5. The van der Waals surface area contributed by atoms with Gasteiger partial charge < -0.3 is 10.4 Å². The van der Waals surface area contributed by atoms with Crippen LogP contribution in [0.5, 0.6) is 0 Å². The number of rotatable bonds is 4. The number of carboxylic acids is 1. The van der Waals surface area contributed by atoms with E-state index in [1.54, 1.807) is 18.2 Å². The Bertz CT molecular complexity index is 697. The van der Waals surface area contributed by atoms with Crippen molar-refractivity contribution in [2.75, 3.05) is 5.32 Å². The molecule has 0 saturated heterocycles. The van der Waals surface area contributed by atoms with Crippen LogP contribution in [0.2, 0.25) is 5.02 Å². The van der Waals surface area contributed by atoms with Gasteiger partial charge in [0.25, 0.3) is 0 Å². The summed E-state index contributed by atoms with van der Waals surface area (Å²) in [5.74, 6) is -1.62. The first-order valence-electron chi connectivity index (χ1n) is 5.78. The molecule has 2 N–H and O–H groups in total. The van der Waals surface area contributed by atoms with Gasteiger partial charge in [-0.3, -0.25) is 0 Å².